The Balaban J connectivity index is 2.29. The van der Waals surface area contributed by atoms with Gasteiger partial charge in [0.25, 0.3) is 0 Å². The Hall–Kier alpha value is -0.610. The second kappa shape index (κ2) is 3.76. The van der Waals surface area contributed by atoms with Gasteiger partial charge in [0.05, 0.1) is 5.69 Å². The van der Waals surface area contributed by atoms with Gasteiger partial charge in [-0.05, 0) is 33.6 Å². The van der Waals surface area contributed by atoms with Crippen molar-refractivity contribution in [3.8, 4) is 0 Å². The quantitative estimate of drug-likeness (QED) is 0.839. The van der Waals surface area contributed by atoms with Crippen LogP contribution in [0.25, 0.3) is 0 Å². The van der Waals surface area contributed by atoms with Crippen molar-refractivity contribution in [1.82, 2.24) is 4.98 Å². The molecule has 1 aromatic heterocycles. The van der Waals surface area contributed by atoms with Gasteiger partial charge >= 0.3 is 0 Å². The van der Waals surface area contributed by atoms with Crippen LogP contribution in [0.2, 0.25) is 0 Å². The third-order valence-corrected chi connectivity index (χ3v) is 4.40. The minimum Gasteiger partial charge on any atom is -0.343 e. The molecule has 1 aliphatic rings. The van der Waals surface area contributed by atoms with Gasteiger partial charge in [-0.25, -0.2) is 4.98 Å². The topological polar surface area (TPSA) is 42.2 Å². The Labute approximate surface area is 95.3 Å². The number of aromatic nitrogens is 1. The third kappa shape index (κ3) is 1.88. The van der Waals surface area contributed by atoms with E-state index in [9.17, 15) is 0 Å². The Kier molecular flexibility index (Phi) is 2.73. The van der Waals surface area contributed by atoms with Crippen molar-refractivity contribution in [2.45, 2.75) is 45.7 Å². The van der Waals surface area contributed by atoms with Crippen molar-refractivity contribution in [3.05, 3.63) is 10.6 Å². The van der Waals surface area contributed by atoms with Gasteiger partial charge in [0, 0.05) is 23.5 Å². The third-order valence-electron chi connectivity index (χ3n) is 3.20. The molecule has 2 rings (SSSR count). The van der Waals surface area contributed by atoms with E-state index in [4.69, 9.17) is 5.73 Å². The van der Waals surface area contributed by atoms with Gasteiger partial charge in [-0.2, -0.15) is 0 Å². The van der Waals surface area contributed by atoms with Crippen molar-refractivity contribution in [2.75, 3.05) is 11.4 Å². The lowest BCUT2D eigenvalue weighted by molar-refractivity contribution is 0.517. The molecule has 0 unspecified atom stereocenters. The highest BCUT2D eigenvalue weighted by atomic mass is 32.1. The number of hydrogen-bond acceptors (Lipinski definition) is 4. The molecule has 0 aliphatic carbocycles. The van der Waals surface area contributed by atoms with E-state index in [1.54, 1.807) is 11.3 Å². The molecule has 0 bridgehead atoms. The van der Waals surface area contributed by atoms with Gasteiger partial charge in [0.15, 0.2) is 5.13 Å². The Morgan fingerprint density at radius 1 is 1.53 bits per heavy atom. The highest BCUT2D eigenvalue weighted by Gasteiger charge is 2.33. The standard InChI is InChI=1S/C11H19N3S/c1-8-9(7-12)15-10(13-8)14-6-4-5-11(14,2)3/h4-7,12H2,1-3H3. The SMILES string of the molecule is Cc1nc(N2CCCC2(C)C)sc1CN. The first-order valence-corrected chi connectivity index (χ1v) is 6.30. The molecule has 3 nitrogen and oxygen atoms in total. The maximum absolute atomic E-state index is 5.68. The fourth-order valence-corrected chi connectivity index (χ4v) is 3.31. The van der Waals surface area contributed by atoms with Crippen molar-refractivity contribution in [2.24, 2.45) is 5.73 Å². The zero-order valence-electron chi connectivity index (χ0n) is 9.71. The summed E-state index contributed by atoms with van der Waals surface area (Å²) in [6, 6.07) is 0. The van der Waals surface area contributed by atoms with Gasteiger partial charge in [0.2, 0.25) is 0 Å². The van der Waals surface area contributed by atoms with E-state index >= 15 is 0 Å². The average Bonchev–Trinajstić information content (AvgIpc) is 2.68. The fraction of sp³-hybridized carbons (Fsp3) is 0.727. The number of aryl methyl sites for hydroxylation is 1. The molecule has 4 heteroatoms. The first kappa shape index (κ1) is 10.9. The number of thiazole rings is 1. The van der Waals surface area contributed by atoms with E-state index < -0.39 is 0 Å². The normalized spacial score (nSPS) is 19.9. The molecular formula is C11H19N3S. The summed E-state index contributed by atoms with van der Waals surface area (Å²) < 4.78 is 0. The van der Waals surface area contributed by atoms with Gasteiger partial charge in [-0.1, -0.05) is 0 Å². The molecule has 84 valence electrons. The fourth-order valence-electron chi connectivity index (χ4n) is 2.18. The summed E-state index contributed by atoms with van der Waals surface area (Å²) >= 11 is 1.75. The Bertz CT molecular complexity index is 357. The zero-order valence-corrected chi connectivity index (χ0v) is 10.5. The maximum Gasteiger partial charge on any atom is 0.186 e. The molecule has 1 aliphatic heterocycles. The summed E-state index contributed by atoms with van der Waals surface area (Å²) in [7, 11) is 0. The lowest BCUT2D eigenvalue weighted by atomic mass is 10.0. The van der Waals surface area contributed by atoms with Crippen molar-refractivity contribution < 1.29 is 0 Å². The van der Waals surface area contributed by atoms with E-state index in [1.807, 2.05) is 6.92 Å². The van der Waals surface area contributed by atoms with Crippen LogP contribution >= 0.6 is 11.3 Å². The predicted molar refractivity (Wildman–Crippen MR) is 65.4 cm³/mol. The molecule has 0 aromatic carbocycles. The van der Waals surface area contributed by atoms with Gasteiger partial charge in [0.1, 0.15) is 0 Å². The van der Waals surface area contributed by atoms with Gasteiger partial charge in [-0.3, -0.25) is 0 Å². The van der Waals surface area contributed by atoms with Crippen molar-refractivity contribution in [1.29, 1.82) is 0 Å². The first-order chi connectivity index (χ1) is 7.04. The largest absolute Gasteiger partial charge is 0.343 e. The smallest absolute Gasteiger partial charge is 0.186 e. The van der Waals surface area contributed by atoms with Crippen LogP contribution in [0.4, 0.5) is 5.13 Å². The lowest BCUT2D eigenvalue weighted by Crippen LogP contribution is -2.38. The number of anilines is 1. The van der Waals surface area contributed by atoms with Crippen LogP contribution in [0, 0.1) is 6.92 Å². The monoisotopic (exact) mass is 225 g/mol. The van der Waals surface area contributed by atoms with E-state index in [1.165, 1.54) is 17.7 Å². The second-order valence-electron chi connectivity index (χ2n) is 4.78. The van der Waals surface area contributed by atoms with E-state index in [0.717, 1.165) is 17.4 Å². The van der Waals surface area contributed by atoms with Gasteiger partial charge < -0.3 is 10.6 Å². The molecule has 0 spiro atoms. The summed E-state index contributed by atoms with van der Waals surface area (Å²) in [4.78, 5) is 8.26. The number of hydrogen-bond donors (Lipinski definition) is 1. The van der Waals surface area contributed by atoms with Gasteiger partial charge in [-0.15, -0.1) is 11.3 Å². The summed E-state index contributed by atoms with van der Waals surface area (Å²) in [5.74, 6) is 0. The average molecular weight is 225 g/mol. The summed E-state index contributed by atoms with van der Waals surface area (Å²) in [6.45, 7) is 8.37. The Morgan fingerprint density at radius 2 is 2.27 bits per heavy atom. The van der Waals surface area contributed by atoms with E-state index in [-0.39, 0.29) is 5.54 Å². The molecule has 1 saturated heterocycles. The number of nitrogens with zero attached hydrogens (tertiary/aromatic N) is 2. The molecule has 15 heavy (non-hydrogen) atoms. The number of rotatable bonds is 2. The molecule has 1 fully saturated rings. The van der Waals surface area contributed by atoms with E-state index in [0.29, 0.717) is 6.54 Å². The first-order valence-electron chi connectivity index (χ1n) is 5.48. The highest BCUT2D eigenvalue weighted by Crippen LogP contribution is 2.36. The van der Waals surface area contributed by atoms with Crippen molar-refractivity contribution >= 4 is 16.5 Å². The minimum absolute atomic E-state index is 0.260. The van der Waals surface area contributed by atoms with Crippen LogP contribution in [0.15, 0.2) is 0 Å². The molecule has 2 heterocycles. The predicted octanol–water partition coefficient (Wildman–Crippen LogP) is 2.29. The van der Waals surface area contributed by atoms with Crippen LogP contribution < -0.4 is 10.6 Å². The minimum atomic E-state index is 0.260. The molecule has 0 amide bonds. The molecular weight excluding hydrogens is 206 g/mol. The molecule has 0 radical (unpaired) electrons. The van der Waals surface area contributed by atoms with Crippen LogP contribution in [0.3, 0.4) is 0 Å². The molecule has 0 atom stereocenters. The molecule has 0 saturated carbocycles. The molecule has 2 N–H and O–H groups in total. The highest BCUT2D eigenvalue weighted by molar-refractivity contribution is 7.15. The zero-order chi connectivity index (χ0) is 11.1. The maximum atomic E-state index is 5.68. The molecule has 1 aromatic rings. The number of nitrogens with two attached hydrogens (primary N) is 1. The van der Waals surface area contributed by atoms with E-state index in [2.05, 4.69) is 23.7 Å². The van der Waals surface area contributed by atoms with Crippen LogP contribution in [0.1, 0.15) is 37.3 Å². The van der Waals surface area contributed by atoms with Crippen LogP contribution in [-0.2, 0) is 6.54 Å². The summed E-state index contributed by atoms with van der Waals surface area (Å²) in [6.07, 6.45) is 2.52. The lowest BCUT2D eigenvalue weighted by Gasteiger charge is -2.31. The Morgan fingerprint density at radius 3 is 2.73 bits per heavy atom. The van der Waals surface area contributed by atoms with Crippen LogP contribution in [-0.4, -0.2) is 17.1 Å². The second-order valence-corrected chi connectivity index (χ2v) is 5.84. The summed E-state index contributed by atoms with van der Waals surface area (Å²) in [5.41, 5.74) is 7.04. The van der Waals surface area contributed by atoms with Crippen molar-refractivity contribution in [3.63, 3.8) is 0 Å². The summed E-state index contributed by atoms with van der Waals surface area (Å²) in [5, 5.41) is 1.15. The van der Waals surface area contributed by atoms with Crippen LogP contribution in [0.5, 0.6) is 0 Å².